The molecule has 0 unspecified atom stereocenters. The molecule has 0 atom stereocenters. The summed E-state index contributed by atoms with van der Waals surface area (Å²) >= 11 is 0. The van der Waals surface area contributed by atoms with E-state index in [0.29, 0.717) is 39.3 Å². The molecule has 164 valence electrons. The number of nitrogens with zero attached hydrogens (tertiary/aromatic N) is 6. The van der Waals surface area contributed by atoms with Gasteiger partial charge in [0.1, 0.15) is 5.82 Å². The van der Waals surface area contributed by atoms with Crippen LogP contribution in [0.1, 0.15) is 43.3 Å². The van der Waals surface area contributed by atoms with Gasteiger partial charge in [-0.3, -0.25) is 9.69 Å². The number of piperazine rings is 1. The maximum Gasteiger partial charge on any atom is 0.267 e. The van der Waals surface area contributed by atoms with Gasteiger partial charge in [0.15, 0.2) is 5.03 Å². The molecule has 1 fully saturated rings. The molecule has 1 saturated heterocycles. The van der Waals surface area contributed by atoms with Crippen LogP contribution in [0.15, 0.2) is 22.1 Å². The van der Waals surface area contributed by atoms with E-state index in [1.54, 1.807) is 21.5 Å². The highest BCUT2D eigenvalue weighted by Crippen LogP contribution is 2.20. The Morgan fingerprint density at radius 1 is 1.10 bits per heavy atom. The number of rotatable bonds is 6. The number of hydrogen-bond donors (Lipinski definition) is 0. The molecule has 1 aliphatic carbocycles. The zero-order valence-corrected chi connectivity index (χ0v) is 18.7. The Bertz CT molecular complexity index is 1080. The van der Waals surface area contributed by atoms with Crippen LogP contribution in [0.4, 0.5) is 0 Å². The van der Waals surface area contributed by atoms with Crippen molar-refractivity contribution in [1.29, 1.82) is 0 Å². The average molecular weight is 435 g/mol. The van der Waals surface area contributed by atoms with E-state index in [1.807, 2.05) is 20.9 Å². The standard InChI is InChI=1S/C20H30N6O3S/c1-15(2)20-21-18(14-23(20)3)30(28,29)25-10-7-24(8-11-25)9-12-26-19(27)13-16-5-4-6-17(16)22-26/h13-15H,4-12H2,1-3H3. The minimum atomic E-state index is -3.59. The van der Waals surface area contributed by atoms with E-state index in [9.17, 15) is 13.2 Å². The molecule has 0 radical (unpaired) electrons. The highest BCUT2D eigenvalue weighted by Gasteiger charge is 2.31. The van der Waals surface area contributed by atoms with Gasteiger partial charge in [0.2, 0.25) is 0 Å². The lowest BCUT2D eigenvalue weighted by atomic mass is 10.2. The number of sulfonamides is 1. The van der Waals surface area contributed by atoms with Crippen LogP contribution >= 0.6 is 0 Å². The second-order valence-corrected chi connectivity index (χ2v) is 10.4. The van der Waals surface area contributed by atoms with Crippen LogP contribution in [0.3, 0.4) is 0 Å². The van der Waals surface area contributed by atoms with Gasteiger partial charge in [0.25, 0.3) is 15.6 Å². The van der Waals surface area contributed by atoms with E-state index < -0.39 is 10.0 Å². The van der Waals surface area contributed by atoms with Crippen LogP contribution < -0.4 is 5.56 Å². The number of aromatic nitrogens is 4. The molecule has 2 aromatic heterocycles. The SMILES string of the molecule is CC(C)c1nc(S(=O)(=O)N2CCN(CCn3nc4c(cc3=O)CCC4)CC2)cn1C. The first-order chi connectivity index (χ1) is 14.3. The van der Waals surface area contributed by atoms with E-state index in [1.165, 1.54) is 4.31 Å². The highest BCUT2D eigenvalue weighted by atomic mass is 32.2. The van der Waals surface area contributed by atoms with Crippen molar-refractivity contribution in [3.8, 4) is 0 Å². The zero-order valence-electron chi connectivity index (χ0n) is 17.9. The van der Waals surface area contributed by atoms with E-state index in [2.05, 4.69) is 15.0 Å². The van der Waals surface area contributed by atoms with Crippen LogP contribution in [0.25, 0.3) is 0 Å². The Morgan fingerprint density at radius 2 is 1.83 bits per heavy atom. The van der Waals surface area contributed by atoms with Crippen molar-refractivity contribution in [1.82, 2.24) is 28.5 Å². The Labute approximate surface area is 177 Å². The molecule has 1 aliphatic heterocycles. The average Bonchev–Trinajstić information content (AvgIpc) is 3.32. The summed E-state index contributed by atoms with van der Waals surface area (Å²) in [6, 6.07) is 1.72. The van der Waals surface area contributed by atoms with E-state index in [4.69, 9.17) is 0 Å². The van der Waals surface area contributed by atoms with Gasteiger partial charge in [-0.15, -0.1) is 0 Å². The lowest BCUT2D eigenvalue weighted by molar-refractivity contribution is 0.180. The molecule has 2 aliphatic rings. The molecule has 4 rings (SSSR count). The van der Waals surface area contributed by atoms with Gasteiger partial charge in [0.05, 0.1) is 12.2 Å². The predicted octanol–water partition coefficient (Wildman–Crippen LogP) is 0.595. The van der Waals surface area contributed by atoms with Crippen LogP contribution in [0, 0.1) is 0 Å². The topological polar surface area (TPSA) is 93.3 Å². The largest absolute Gasteiger partial charge is 0.336 e. The molecule has 0 saturated carbocycles. The van der Waals surface area contributed by atoms with Crippen LogP contribution in [-0.2, 0) is 36.5 Å². The quantitative estimate of drug-likeness (QED) is 0.661. The molecular formula is C20H30N6O3S. The van der Waals surface area contributed by atoms with Gasteiger partial charge in [0, 0.05) is 58.0 Å². The van der Waals surface area contributed by atoms with Crippen molar-refractivity contribution < 1.29 is 8.42 Å². The molecule has 9 nitrogen and oxygen atoms in total. The summed E-state index contributed by atoms with van der Waals surface area (Å²) < 4.78 is 30.8. The molecule has 3 heterocycles. The highest BCUT2D eigenvalue weighted by molar-refractivity contribution is 7.89. The van der Waals surface area contributed by atoms with Crippen molar-refractivity contribution in [2.45, 2.75) is 50.6 Å². The molecule has 30 heavy (non-hydrogen) atoms. The lowest BCUT2D eigenvalue weighted by Crippen LogP contribution is -2.49. The summed E-state index contributed by atoms with van der Waals surface area (Å²) in [5.74, 6) is 0.923. The summed E-state index contributed by atoms with van der Waals surface area (Å²) in [5, 5.41) is 4.64. The van der Waals surface area contributed by atoms with Gasteiger partial charge < -0.3 is 4.57 Å². The third-order valence-electron chi connectivity index (χ3n) is 5.99. The smallest absolute Gasteiger partial charge is 0.267 e. The van der Waals surface area contributed by atoms with Crippen LogP contribution in [-0.4, -0.2) is 69.7 Å². The van der Waals surface area contributed by atoms with Crippen molar-refractivity contribution in [2.75, 3.05) is 32.7 Å². The minimum Gasteiger partial charge on any atom is -0.336 e. The summed E-state index contributed by atoms with van der Waals surface area (Å²) in [6.45, 7) is 7.30. The molecule has 0 amide bonds. The molecule has 0 N–H and O–H groups in total. The molecule has 0 spiro atoms. The van der Waals surface area contributed by atoms with Crippen molar-refractivity contribution in [3.63, 3.8) is 0 Å². The second kappa shape index (κ2) is 8.24. The summed E-state index contributed by atoms with van der Waals surface area (Å²) in [5.41, 5.74) is 2.08. The zero-order chi connectivity index (χ0) is 21.5. The number of fused-ring (bicyclic) bond motifs is 1. The van der Waals surface area contributed by atoms with Crippen LogP contribution in [0.2, 0.25) is 0 Å². The first kappa shape index (κ1) is 21.2. The fourth-order valence-corrected chi connectivity index (χ4v) is 5.68. The summed E-state index contributed by atoms with van der Waals surface area (Å²) in [4.78, 5) is 18.8. The third kappa shape index (κ3) is 4.08. The Kier molecular flexibility index (Phi) is 5.82. The van der Waals surface area contributed by atoms with Crippen LogP contribution in [0.5, 0.6) is 0 Å². The third-order valence-corrected chi connectivity index (χ3v) is 7.76. The monoisotopic (exact) mass is 434 g/mol. The van der Waals surface area contributed by atoms with Gasteiger partial charge >= 0.3 is 0 Å². The van der Waals surface area contributed by atoms with Gasteiger partial charge in [-0.05, 0) is 24.8 Å². The van der Waals surface area contributed by atoms with E-state index >= 15 is 0 Å². The first-order valence-corrected chi connectivity index (χ1v) is 12.1. The van der Waals surface area contributed by atoms with E-state index in [0.717, 1.165) is 36.3 Å². The Balaban J connectivity index is 1.36. The summed E-state index contributed by atoms with van der Waals surface area (Å²) in [7, 11) is -1.77. The molecule has 10 heteroatoms. The van der Waals surface area contributed by atoms with Gasteiger partial charge in [-0.2, -0.15) is 9.40 Å². The number of imidazole rings is 1. The minimum absolute atomic E-state index is 0.0482. The maximum atomic E-state index is 13.0. The van der Waals surface area contributed by atoms with Crippen molar-refractivity contribution in [2.24, 2.45) is 7.05 Å². The fourth-order valence-electron chi connectivity index (χ4n) is 4.27. The number of hydrogen-bond acceptors (Lipinski definition) is 6. The molecular weight excluding hydrogens is 404 g/mol. The fraction of sp³-hybridized carbons (Fsp3) is 0.650. The first-order valence-electron chi connectivity index (χ1n) is 10.6. The van der Waals surface area contributed by atoms with Gasteiger partial charge in [-0.25, -0.2) is 18.1 Å². The van der Waals surface area contributed by atoms with Crippen molar-refractivity contribution >= 4 is 10.0 Å². The summed E-state index contributed by atoms with van der Waals surface area (Å²) in [6.07, 6.45) is 4.56. The van der Waals surface area contributed by atoms with Crippen molar-refractivity contribution in [3.05, 3.63) is 39.7 Å². The Hall–Kier alpha value is -2.04. The predicted molar refractivity (Wildman–Crippen MR) is 113 cm³/mol. The lowest BCUT2D eigenvalue weighted by Gasteiger charge is -2.33. The molecule has 0 bridgehead atoms. The second-order valence-electron chi connectivity index (χ2n) is 8.48. The maximum absolute atomic E-state index is 13.0. The van der Waals surface area contributed by atoms with E-state index in [-0.39, 0.29) is 16.5 Å². The molecule has 0 aromatic carbocycles. The van der Waals surface area contributed by atoms with Gasteiger partial charge in [-0.1, -0.05) is 13.8 Å². The Morgan fingerprint density at radius 3 is 2.50 bits per heavy atom. The molecule has 2 aromatic rings. The number of aryl methyl sites for hydroxylation is 3. The normalized spacial score (nSPS) is 18.3.